The maximum Gasteiger partial charge on any atom is 0.479 e. The molecule has 1 atom stereocenters. The molecule has 1 unspecified atom stereocenters. The Kier molecular flexibility index (Phi) is 3.16. The van der Waals surface area contributed by atoms with Gasteiger partial charge in [-0.3, -0.25) is 0 Å². The van der Waals surface area contributed by atoms with Crippen molar-refractivity contribution >= 4 is 12.0 Å². The van der Waals surface area contributed by atoms with Crippen LogP contribution in [-0.2, 0) is 4.18 Å². The van der Waals surface area contributed by atoms with Crippen molar-refractivity contribution in [2.45, 2.75) is 32.2 Å². The second kappa shape index (κ2) is 3.82. The van der Waals surface area contributed by atoms with E-state index in [9.17, 15) is 13.2 Å². The molecule has 0 heterocycles. The van der Waals surface area contributed by atoms with E-state index < -0.39 is 17.6 Å². The van der Waals surface area contributed by atoms with Gasteiger partial charge in [0.15, 0.2) is 12.0 Å². The van der Waals surface area contributed by atoms with Gasteiger partial charge < -0.3 is 4.18 Å². The van der Waals surface area contributed by atoms with E-state index in [1.54, 1.807) is 0 Å². The molecule has 0 spiro atoms. The summed E-state index contributed by atoms with van der Waals surface area (Å²) in [7, 11) is 0. The molecule has 0 aromatic heterocycles. The topological polar surface area (TPSA) is 9.23 Å². The van der Waals surface area contributed by atoms with Gasteiger partial charge in [0.05, 0.1) is 0 Å². The molecule has 5 heteroatoms. The number of rotatable bonds is 2. The van der Waals surface area contributed by atoms with Gasteiger partial charge in [-0.2, -0.15) is 13.2 Å². The number of allylic oxidation sites excluding steroid dienone is 2. The van der Waals surface area contributed by atoms with Crippen LogP contribution in [0.25, 0.3) is 0 Å². The smallest absolute Gasteiger partial charge is 0.422 e. The maximum absolute atomic E-state index is 11.7. The zero-order chi connectivity index (χ0) is 10.1. The molecule has 0 amide bonds. The standard InChI is InChI=1S/C8H11F3OS/c1-5-3-4-7(6(5)2)12-13-8(9,10)11/h5H,3-4H2,1-2H3. The average Bonchev–Trinajstić information content (AvgIpc) is 2.29. The van der Waals surface area contributed by atoms with E-state index in [1.807, 2.05) is 13.8 Å². The van der Waals surface area contributed by atoms with Crippen LogP contribution in [0.4, 0.5) is 13.2 Å². The molecule has 0 aromatic rings. The van der Waals surface area contributed by atoms with Gasteiger partial charge in [0.1, 0.15) is 5.76 Å². The highest BCUT2D eigenvalue weighted by molar-refractivity contribution is 7.95. The molecular formula is C8H11F3OS. The summed E-state index contributed by atoms with van der Waals surface area (Å²) in [4.78, 5) is 0. The second-order valence-corrected chi connectivity index (χ2v) is 3.95. The minimum Gasteiger partial charge on any atom is -0.422 e. The van der Waals surface area contributed by atoms with Gasteiger partial charge in [0, 0.05) is 6.42 Å². The summed E-state index contributed by atoms with van der Waals surface area (Å²) in [5.41, 5.74) is -3.37. The SMILES string of the molecule is CC1=C(OSC(F)(F)F)CCC1C. The molecule has 0 bridgehead atoms. The zero-order valence-corrected chi connectivity index (χ0v) is 8.26. The van der Waals surface area contributed by atoms with Crippen LogP contribution in [0.15, 0.2) is 11.3 Å². The van der Waals surface area contributed by atoms with Gasteiger partial charge in [-0.1, -0.05) is 6.92 Å². The molecule has 76 valence electrons. The van der Waals surface area contributed by atoms with Gasteiger partial charge in [-0.15, -0.1) is 0 Å². The fourth-order valence-electron chi connectivity index (χ4n) is 1.24. The fourth-order valence-corrected chi connectivity index (χ4v) is 1.65. The van der Waals surface area contributed by atoms with E-state index in [2.05, 4.69) is 4.18 Å². The lowest BCUT2D eigenvalue weighted by molar-refractivity contribution is -0.0384. The monoisotopic (exact) mass is 212 g/mol. The Hall–Kier alpha value is -0.320. The second-order valence-electron chi connectivity index (χ2n) is 3.16. The Morgan fingerprint density at radius 2 is 2.08 bits per heavy atom. The lowest BCUT2D eigenvalue weighted by atomic mass is 10.1. The normalized spacial score (nSPS) is 23.9. The fraction of sp³-hybridized carbons (Fsp3) is 0.750. The largest absolute Gasteiger partial charge is 0.479 e. The average molecular weight is 212 g/mol. The molecular weight excluding hydrogens is 201 g/mol. The summed E-state index contributed by atoms with van der Waals surface area (Å²) >= 11 is -0.421. The molecule has 0 N–H and O–H groups in total. The van der Waals surface area contributed by atoms with Crippen molar-refractivity contribution in [3.63, 3.8) is 0 Å². The van der Waals surface area contributed by atoms with Crippen LogP contribution in [0.3, 0.4) is 0 Å². The summed E-state index contributed by atoms with van der Waals surface area (Å²) in [6.07, 6.45) is 1.51. The van der Waals surface area contributed by atoms with Crippen LogP contribution >= 0.6 is 12.0 Å². The Morgan fingerprint density at radius 1 is 1.46 bits per heavy atom. The molecule has 0 saturated heterocycles. The summed E-state index contributed by atoms with van der Waals surface area (Å²) < 4.78 is 39.9. The zero-order valence-electron chi connectivity index (χ0n) is 7.44. The van der Waals surface area contributed by atoms with Crippen molar-refractivity contribution in [3.8, 4) is 0 Å². The van der Waals surface area contributed by atoms with Gasteiger partial charge >= 0.3 is 5.51 Å². The minimum absolute atomic E-state index is 0.351. The van der Waals surface area contributed by atoms with E-state index in [4.69, 9.17) is 0 Å². The van der Waals surface area contributed by atoms with E-state index in [0.29, 0.717) is 18.1 Å². The highest BCUT2D eigenvalue weighted by Gasteiger charge is 2.33. The Morgan fingerprint density at radius 3 is 2.46 bits per heavy atom. The predicted molar refractivity (Wildman–Crippen MR) is 45.8 cm³/mol. The number of hydrogen-bond donors (Lipinski definition) is 0. The Balaban J connectivity index is 2.46. The van der Waals surface area contributed by atoms with Crippen LogP contribution in [0, 0.1) is 5.92 Å². The molecule has 1 nitrogen and oxygen atoms in total. The third-order valence-corrected chi connectivity index (χ3v) is 2.69. The van der Waals surface area contributed by atoms with Gasteiger partial charge in [0.2, 0.25) is 0 Å². The molecule has 0 fully saturated rings. The minimum atomic E-state index is -4.31. The first-order chi connectivity index (χ1) is 5.90. The first-order valence-electron chi connectivity index (χ1n) is 4.02. The van der Waals surface area contributed by atoms with Gasteiger partial charge in [-0.05, 0) is 24.8 Å². The summed E-state index contributed by atoms with van der Waals surface area (Å²) in [6.45, 7) is 3.81. The van der Waals surface area contributed by atoms with Crippen molar-refractivity contribution in [2.24, 2.45) is 5.92 Å². The van der Waals surface area contributed by atoms with Gasteiger partial charge in [0.25, 0.3) is 0 Å². The molecule has 13 heavy (non-hydrogen) atoms. The van der Waals surface area contributed by atoms with Crippen molar-refractivity contribution < 1.29 is 17.4 Å². The van der Waals surface area contributed by atoms with Crippen molar-refractivity contribution in [1.82, 2.24) is 0 Å². The molecule has 1 aliphatic rings. The van der Waals surface area contributed by atoms with E-state index in [0.717, 1.165) is 12.0 Å². The van der Waals surface area contributed by atoms with Gasteiger partial charge in [-0.25, -0.2) is 0 Å². The number of halogens is 3. The highest BCUT2D eigenvalue weighted by Crippen LogP contribution is 2.39. The first-order valence-corrected chi connectivity index (χ1v) is 4.76. The highest BCUT2D eigenvalue weighted by atomic mass is 32.2. The summed E-state index contributed by atoms with van der Waals surface area (Å²) in [6, 6.07) is 0. The Labute approximate surface area is 79.5 Å². The first kappa shape index (κ1) is 10.8. The van der Waals surface area contributed by atoms with Crippen molar-refractivity contribution in [3.05, 3.63) is 11.3 Å². The van der Waals surface area contributed by atoms with Crippen LogP contribution < -0.4 is 0 Å². The number of alkyl halides is 3. The van der Waals surface area contributed by atoms with E-state index >= 15 is 0 Å². The lowest BCUT2D eigenvalue weighted by Gasteiger charge is -2.08. The van der Waals surface area contributed by atoms with Crippen molar-refractivity contribution in [1.29, 1.82) is 0 Å². The molecule has 0 aromatic carbocycles. The van der Waals surface area contributed by atoms with E-state index in [1.165, 1.54) is 0 Å². The van der Waals surface area contributed by atoms with E-state index in [-0.39, 0.29) is 0 Å². The Bertz CT molecular complexity index is 222. The summed E-state index contributed by atoms with van der Waals surface area (Å²) in [5.74, 6) is 0.846. The molecule has 0 aliphatic heterocycles. The van der Waals surface area contributed by atoms with Crippen LogP contribution in [0.1, 0.15) is 26.7 Å². The lowest BCUT2D eigenvalue weighted by Crippen LogP contribution is -2.01. The van der Waals surface area contributed by atoms with Crippen LogP contribution in [0.2, 0.25) is 0 Å². The van der Waals surface area contributed by atoms with Crippen LogP contribution in [-0.4, -0.2) is 5.51 Å². The van der Waals surface area contributed by atoms with Crippen LogP contribution in [0.5, 0.6) is 0 Å². The molecule has 1 aliphatic carbocycles. The predicted octanol–water partition coefficient (Wildman–Crippen LogP) is 3.87. The molecule has 0 radical (unpaired) electrons. The molecule has 1 rings (SSSR count). The quantitative estimate of drug-likeness (QED) is 0.642. The number of hydrogen-bond acceptors (Lipinski definition) is 2. The van der Waals surface area contributed by atoms with Crippen molar-refractivity contribution in [2.75, 3.05) is 0 Å². The molecule has 0 saturated carbocycles. The third kappa shape index (κ3) is 3.14. The third-order valence-electron chi connectivity index (χ3n) is 2.22. The maximum atomic E-state index is 11.7. The summed E-state index contributed by atoms with van der Waals surface area (Å²) in [5, 5.41) is 0.